The molecular formula is C14H7BrClF3O3. The van der Waals surface area contributed by atoms with E-state index in [0.717, 1.165) is 12.1 Å². The zero-order valence-electron chi connectivity index (χ0n) is 10.6. The Morgan fingerprint density at radius 1 is 1.23 bits per heavy atom. The fourth-order valence-corrected chi connectivity index (χ4v) is 2.36. The summed E-state index contributed by atoms with van der Waals surface area (Å²) in [6.45, 7) is 0. The lowest BCUT2D eigenvalue weighted by atomic mass is 10.2. The Balaban J connectivity index is 2.40. The van der Waals surface area contributed by atoms with E-state index in [9.17, 15) is 18.0 Å². The maximum absolute atomic E-state index is 12.8. The van der Waals surface area contributed by atoms with Crippen LogP contribution in [-0.4, -0.2) is 11.1 Å². The van der Waals surface area contributed by atoms with Crippen LogP contribution in [0.4, 0.5) is 13.2 Å². The number of ether oxygens (including phenoxy) is 1. The fraction of sp³-hybridized carbons (Fsp3) is 0.0714. The minimum atomic E-state index is -4.61. The molecule has 0 fully saturated rings. The molecule has 1 N–H and O–H groups in total. The number of rotatable bonds is 3. The van der Waals surface area contributed by atoms with E-state index in [0.29, 0.717) is 4.47 Å². The second kappa shape index (κ2) is 6.18. The van der Waals surface area contributed by atoms with Crippen LogP contribution in [0, 0.1) is 0 Å². The highest BCUT2D eigenvalue weighted by molar-refractivity contribution is 9.10. The molecule has 0 bridgehead atoms. The lowest BCUT2D eigenvalue weighted by Crippen LogP contribution is -2.06. The second-order valence-electron chi connectivity index (χ2n) is 4.16. The summed E-state index contributed by atoms with van der Waals surface area (Å²) < 4.78 is 43.9. The third-order valence-corrected chi connectivity index (χ3v) is 3.75. The van der Waals surface area contributed by atoms with E-state index < -0.39 is 22.7 Å². The van der Waals surface area contributed by atoms with Gasteiger partial charge in [-0.2, -0.15) is 13.2 Å². The van der Waals surface area contributed by atoms with E-state index in [4.69, 9.17) is 21.4 Å². The van der Waals surface area contributed by atoms with Gasteiger partial charge >= 0.3 is 12.1 Å². The summed E-state index contributed by atoms with van der Waals surface area (Å²) in [5.74, 6) is -1.36. The fourth-order valence-electron chi connectivity index (χ4n) is 1.67. The molecule has 116 valence electrons. The van der Waals surface area contributed by atoms with E-state index in [2.05, 4.69) is 15.9 Å². The lowest BCUT2D eigenvalue weighted by Gasteiger charge is -2.13. The smallest absolute Gasteiger partial charge is 0.417 e. The van der Waals surface area contributed by atoms with Crippen molar-refractivity contribution in [3.63, 3.8) is 0 Å². The maximum Gasteiger partial charge on any atom is 0.417 e. The van der Waals surface area contributed by atoms with E-state index >= 15 is 0 Å². The summed E-state index contributed by atoms with van der Waals surface area (Å²) in [6.07, 6.45) is -4.61. The van der Waals surface area contributed by atoms with E-state index in [1.807, 2.05) is 0 Å². The van der Waals surface area contributed by atoms with Crippen molar-refractivity contribution in [3.05, 3.63) is 57.0 Å². The Bertz CT molecular complexity index is 732. The molecule has 2 aromatic rings. The average molecular weight is 396 g/mol. The predicted octanol–water partition coefficient (Wildman–Crippen LogP) is 5.61. The van der Waals surface area contributed by atoms with Crippen LogP contribution in [0.2, 0.25) is 5.02 Å². The van der Waals surface area contributed by atoms with Crippen molar-refractivity contribution >= 4 is 33.5 Å². The van der Waals surface area contributed by atoms with Gasteiger partial charge in [-0.3, -0.25) is 0 Å². The van der Waals surface area contributed by atoms with Gasteiger partial charge in [0.2, 0.25) is 0 Å². The van der Waals surface area contributed by atoms with Crippen LogP contribution in [0.3, 0.4) is 0 Å². The van der Waals surface area contributed by atoms with Crippen molar-refractivity contribution < 1.29 is 27.8 Å². The van der Waals surface area contributed by atoms with E-state index in [1.54, 1.807) is 0 Å². The number of hydrogen-bond acceptors (Lipinski definition) is 2. The van der Waals surface area contributed by atoms with Crippen molar-refractivity contribution in [3.8, 4) is 11.5 Å². The molecule has 0 saturated carbocycles. The standard InChI is InChI=1S/C14H7BrClF3O3/c15-10-5-4-7(6-8(10)13(20)21)22-11-3-1-2-9(12(11)16)14(17,18)19/h1-6H,(H,20,21). The molecule has 0 spiro atoms. The lowest BCUT2D eigenvalue weighted by molar-refractivity contribution is -0.137. The van der Waals surface area contributed by atoms with Gasteiger partial charge in [-0.1, -0.05) is 17.7 Å². The van der Waals surface area contributed by atoms with Gasteiger partial charge in [0, 0.05) is 4.47 Å². The number of carbonyl (C=O) groups is 1. The maximum atomic E-state index is 12.8. The van der Waals surface area contributed by atoms with Gasteiger partial charge in [-0.25, -0.2) is 4.79 Å². The molecule has 0 aliphatic rings. The largest absolute Gasteiger partial charge is 0.478 e. The van der Waals surface area contributed by atoms with E-state index in [1.165, 1.54) is 24.3 Å². The Kier molecular flexibility index (Phi) is 4.67. The van der Waals surface area contributed by atoms with Gasteiger partial charge in [0.15, 0.2) is 0 Å². The first-order chi connectivity index (χ1) is 10.2. The minimum Gasteiger partial charge on any atom is -0.478 e. The van der Waals surface area contributed by atoms with Crippen LogP contribution < -0.4 is 4.74 Å². The number of carboxylic acids is 1. The van der Waals surface area contributed by atoms with Crippen LogP contribution in [0.1, 0.15) is 15.9 Å². The van der Waals surface area contributed by atoms with Crippen molar-refractivity contribution in [1.29, 1.82) is 0 Å². The van der Waals surface area contributed by atoms with Crippen LogP contribution >= 0.6 is 27.5 Å². The van der Waals surface area contributed by atoms with Gasteiger partial charge in [-0.05, 0) is 46.3 Å². The predicted molar refractivity (Wildman–Crippen MR) is 77.6 cm³/mol. The summed E-state index contributed by atoms with van der Waals surface area (Å²) in [5, 5.41) is 8.41. The van der Waals surface area contributed by atoms with Crippen molar-refractivity contribution in [2.24, 2.45) is 0 Å². The van der Waals surface area contributed by atoms with Crippen molar-refractivity contribution in [2.75, 3.05) is 0 Å². The molecule has 0 heterocycles. The molecule has 0 aromatic heterocycles. The minimum absolute atomic E-state index is 0.0572. The summed E-state index contributed by atoms with van der Waals surface area (Å²) in [7, 11) is 0. The molecule has 0 aliphatic heterocycles. The molecule has 0 unspecified atom stereocenters. The Labute approximate surface area is 136 Å². The highest BCUT2D eigenvalue weighted by Gasteiger charge is 2.34. The zero-order chi connectivity index (χ0) is 16.5. The first-order valence-corrected chi connectivity index (χ1v) is 6.93. The topological polar surface area (TPSA) is 46.5 Å². The van der Waals surface area contributed by atoms with Crippen molar-refractivity contribution in [2.45, 2.75) is 6.18 Å². The highest BCUT2D eigenvalue weighted by Crippen LogP contribution is 2.40. The van der Waals surface area contributed by atoms with Crippen LogP contribution in [0.5, 0.6) is 11.5 Å². The molecule has 8 heteroatoms. The summed E-state index contributed by atoms with van der Waals surface area (Å²) >= 11 is 8.76. The van der Waals surface area contributed by atoms with Gasteiger partial charge in [0.05, 0.1) is 16.1 Å². The van der Waals surface area contributed by atoms with Gasteiger partial charge < -0.3 is 9.84 Å². The monoisotopic (exact) mass is 394 g/mol. The SMILES string of the molecule is O=C(O)c1cc(Oc2cccc(C(F)(F)F)c2Cl)ccc1Br. The van der Waals surface area contributed by atoms with Gasteiger partial charge in [0.25, 0.3) is 0 Å². The molecular weight excluding hydrogens is 389 g/mol. The number of carboxylic acid groups (broad SMARTS) is 1. The number of hydrogen-bond donors (Lipinski definition) is 1. The molecule has 2 rings (SSSR count). The van der Waals surface area contributed by atoms with Crippen LogP contribution in [0.25, 0.3) is 0 Å². The highest BCUT2D eigenvalue weighted by atomic mass is 79.9. The van der Waals surface area contributed by atoms with E-state index in [-0.39, 0.29) is 17.1 Å². The Morgan fingerprint density at radius 2 is 1.91 bits per heavy atom. The summed E-state index contributed by atoms with van der Waals surface area (Å²) in [6, 6.07) is 7.26. The molecule has 0 atom stereocenters. The molecule has 0 saturated heterocycles. The first kappa shape index (κ1) is 16.6. The zero-order valence-corrected chi connectivity index (χ0v) is 13.0. The average Bonchev–Trinajstić information content (AvgIpc) is 2.41. The third kappa shape index (κ3) is 3.53. The summed E-state index contributed by atoms with van der Waals surface area (Å²) in [5.41, 5.74) is -1.11. The normalized spacial score (nSPS) is 11.3. The molecule has 0 aliphatic carbocycles. The first-order valence-electron chi connectivity index (χ1n) is 5.76. The van der Waals surface area contributed by atoms with Crippen LogP contribution in [-0.2, 0) is 6.18 Å². The number of benzene rings is 2. The number of halogens is 5. The number of aromatic carboxylic acids is 1. The molecule has 22 heavy (non-hydrogen) atoms. The van der Waals surface area contributed by atoms with Gasteiger partial charge in [0.1, 0.15) is 11.5 Å². The third-order valence-electron chi connectivity index (χ3n) is 2.66. The molecule has 2 aromatic carbocycles. The Hall–Kier alpha value is -1.73. The molecule has 0 amide bonds. The second-order valence-corrected chi connectivity index (χ2v) is 5.40. The quantitative estimate of drug-likeness (QED) is 0.734. The van der Waals surface area contributed by atoms with Crippen LogP contribution in [0.15, 0.2) is 40.9 Å². The molecule has 3 nitrogen and oxygen atoms in total. The van der Waals surface area contributed by atoms with Crippen molar-refractivity contribution in [1.82, 2.24) is 0 Å². The summed E-state index contributed by atoms with van der Waals surface area (Å²) in [4.78, 5) is 11.0. The Morgan fingerprint density at radius 3 is 2.50 bits per heavy atom. The van der Waals surface area contributed by atoms with Gasteiger partial charge in [-0.15, -0.1) is 0 Å². The number of alkyl halides is 3. The molecule has 0 radical (unpaired) electrons.